The van der Waals surface area contributed by atoms with E-state index in [9.17, 15) is 14.9 Å². The fourth-order valence-corrected chi connectivity index (χ4v) is 3.98. The van der Waals surface area contributed by atoms with Gasteiger partial charge < -0.3 is 15.5 Å². The van der Waals surface area contributed by atoms with Crippen molar-refractivity contribution in [2.75, 3.05) is 33.7 Å². The molecule has 1 fully saturated rings. The zero-order valence-electron chi connectivity index (χ0n) is 18.4. The number of aryl methyl sites for hydroxylation is 1. The quantitative estimate of drug-likeness (QED) is 0.200. The largest absolute Gasteiger partial charge is 0.357 e. The van der Waals surface area contributed by atoms with Gasteiger partial charge in [0.05, 0.1) is 16.9 Å². The summed E-state index contributed by atoms with van der Waals surface area (Å²) in [6, 6.07) is 6.74. The number of carbonyl (C=O) groups is 1. The summed E-state index contributed by atoms with van der Waals surface area (Å²) in [5, 5.41) is 17.3. The smallest absolute Gasteiger partial charge is 0.269 e. The third-order valence-corrected chi connectivity index (χ3v) is 5.64. The van der Waals surface area contributed by atoms with Gasteiger partial charge in [-0.25, -0.2) is 0 Å². The average Bonchev–Trinajstić information content (AvgIpc) is 3.21. The van der Waals surface area contributed by atoms with Crippen molar-refractivity contribution in [3.8, 4) is 0 Å². The van der Waals surface area contributed by atoms with Crippen LogP contribution in [-0.4, -0.2) is 55.4 Å². The van der Waals surface area contributed by atoms with Gasteiger partial charge >= 0.3 is 0 Å². The highest BCUT2D eigenvalue weighted by Crippen LogP contribution is 2.39. The van der Waals surface area contributed by atoms with Gasteiger partial charge in [0, 0.05) is 39.3 Å². The van der Waals surface area contributed by atoms with E-state index in [1.807, 2.05) is 33.2 Å². The number of aliphatic imine (C=N–C) groups is 1. The van der Waals surface area contributed by atoms with Crippen LogP contribution in [0.2, 0.25) is 0 Å². The van der Waals surface area contributed by atoms with Crippen LogP contribution in [0.25, 0.3) is 0 Å². The molecular formula is C22H35N5O3. The maximum atomic E-state index is 12.7. The third kappa shape index (κ3) is 6.71. The Bertz CT molecular complexity index is 725. The molecule has 166 valence electrons. The number of rotatable bonds is 10. The second-order valence-electron chi connectivity index (χ2n) is 8.19. The van der Waals surface area contributed by atoms with Gasteiger partial charge in [-0.3, -0.25) is 19.9 Å². The Kier molecular flexibility index (Phi) is 9.08. The van der Waals surface area contributed by atoms with Gasteiger partial charge in [-0.15, -0.1) is 0 Å². The molecule has 1 amide bonds. The van der Waals surface area contributed by atoms with E-state index in [1.54, 1.807) is 17.0 Å². The molecule has 0 radical (unpaired) electrons. The number of hydrogen-bond acceptors (Lipinski definition) is 4. The maximum absolute atomic E-state index is 12.7. The fraction of sp³-hybridized carbons (Fsp3) is 0.636. The topological polar surface area (TPSA) is 99.9 Å². The highest BCUT2D eigenvalue weighted by Gasteiger charge is 2.42. The van der Waals surface area contributed by atoms with Crippen LogP contribution in [0, 0.1) is 15.5 Å². The minimum Gasteiger partial charge on any atom is -0.357 e. The number of hydrogen-bond donors (Lipinski definition) is 2. The molecule has 0 bridgehead atoms. The van der Waals surface area contributed by atoms with Crippen molar-refractivity contribution in [2.24, 2.45) is 10.4 Å². The van der Waals surface area contributed by atoms with Crippen LogP contribution in [0.5, 0.6) is 0 Å². The van der Waals surface area contributed by atoms with Gasteiger partial charge in [0.1, 0.15) is 0 Å². The number of unbranched alkanes of at least 4 members (excludes halogenated alkanes) is 1. The zero-order chi connectivity index (χ0) is 22.0. The first kappa shape index (κ1) is 23.6. The van der Waals surface area contributed by atoms with Crippen LogP contribution in [0.15, 0.2) is 29.3 Å². The number of benzene rings is 1. The Hall–Kier alpha value is -2.64. The third-order valence-electron chi connectivity index (χ3n) is 5.64. The van der Waals surface area contributed by atoms with E-state index in [-0.39, 0.29) is 21.9 Å². The molecule has 2 rings (SSSR count). The lowest BCUT2D eigenvalue weighted by atomic mass is 9.85. The number of amides is 1. The first-order valence-electron chi connectivity index (χ1n) is 10.9. The molecule has 8 nitrogen and oxygen atoms in total. The van der Waals surface area contributed by atoms with Gasteiger partial charge in [0.25, 0.3) is 5.69 Å². The molecular weight excluding hydrogens is 382 g/mol. The van der Waals surface area contributed by atoms with Crippen LogP contribution in [-0.2, 0) is 11.2 Å². The molecule has 0 heterocycles. The summed E-state index contributed by atoms with van der Waals surface area (Å²) in [4.78, 5) is 29.5. The summed E-state index contributed by atoms with van der Waals surface area (Å²) >= 11 is 0. The molecule has 0 unspecified atom stereocenters. The maximum Gasteiger partial charge on any atom is 0.269 e. The summed E-state index contributed by atoms with van der Waals surface area (Å²) in [7, 11) is 3.64. The number of nitro groups is 1. The molecule has 1 aromatic rings. The van der Waals surface area contributed by atoms with E-state index in [0.29, 0.717) is 6.54 Å². The monoisotopic (exact) mass is 417 g/mol. The highest BCUT2D eigenvalue weighted by molar-refractivity contribution is 5.84. The SMILES string of the molecule is CCNC(=NCC1(C(=O)N(C)C)CCCC1)NCCCCc1ccc([N+](=O)[O-])cc1. The fourth-order valence-electron chi connectivity index (χ4n) is 3.98. The summed E-state index contributed by atoms with van der Waals surface area (Å²) in [5.41, 5.74) is 0.869. The normalized spacial score (nSPS) is 15.6. The van der Waals surface area contributed by atoms with Crippen LogP contribution >= 0.6 is 0 Å². The van der Waals surface area contributed by atoms with Crippen LogP contribution in [0.4, 0.5) is 5.69 Å². The molecule has 2 N–H and O–H groups in total. The van der Waals surface area contributed by atoms with Crippen molar-refractivity contribution >= 4 is 17.6 Å². The van der Waals surface area contributed by atoms with E-state index >= 15 is 0 Å². The van der Waals surface area contributed by atoms with Crippen molar-refractivity contribution in [3.63, 3.8) is 0 Å². The molecule has 0 atom stereocenters. The van der Waals surface area contributed by atoms with E-state index < -0.39 is 0 Å². The molecule has 1 aromatic carbocycles. The molecule has 1 saturated carbocycles. The minimum absolute atomic E-state index is 0.125. The van der Waals surface area contributed by atoms with Gasteiger partial charge in [-0.05, 0) is 44.6 Å². The van der Waals surface area contributed by atoms with E-state index in [4.69, 9.17) is 4.99 Å². The number of nitrogens with zero attached hydrogens (tertiary/aromatic N) is 3. The van der Waals surface area contributed by atoms with Crippen molar-refractivity contribution in [1.82, 2.24) is 15.5 Å². The van der Waals surface area contributed by atoms with Crippen molar-refractivity contribution < 1.29 is 9.72 Å². The van der Waals surface area contributed by atoms with Crippen molar-refractivity contribution in [2.45, 2.75) is 51.9 Å². The van der Waals surface area contributed by atoms with E-state index in [2.05, 4.69) is 10.6 Å². The predicted octanol–water partition coefficient (Wildman–Crippen LogP) is 3.12. The van der Waals surface area contributed by atoms with Crippen molar-refractivity contribution in [1.29, 1.82) is 0 Å². The summed E-state index contributed by atoms with van der Waals surface area (Å²) in [5.74, 6) is 0.938. The number of nitrogens with one attached hydrogen (secondary N) is 2. The molecule has 0 spiro atoms. The first-order chi connectivity index (χ1) is 14.4. The second-order valence-corrected chi connectivity index (χ2v) is 8.19. The Balaban J connectivity index is 1.81. The highest BCUT2D eigenvalue weighted by atomic mass is 16.6. The molecule has 1 aliphatic carbocycles. The van der Waals surface area contributed by atoms with Gasteiger partial charge in [-0.1, -0.05) is 25.0 Å². The number of guanidine groups is 1. The standard InChI is InChI=1S/C22H35N5O3/c1-4-23-21(25-17-22(14-6-7-15-22)20(28)26(2)3)24-16-8-5-9-18-10-12-19(13-11-18)27(29)30/h10-13H,4-9,14-17H2,1-3H3,(H2,23,24,25). The second kappa shape index (κ2) is 11.5. The Morgan fingerprint density at radius 1 is 1.17 bits per heavy atom. The first-order valence-corrected chi connectivity index (χ1v) is 10.9. The molecule has 0 saturated heterocycles. The Labute approximate surface area is 179 Å². The predicted molar refractivity (Wildman–Crippen MR) is 120 cm³/mol. The lowest BCUT2D eigenvalue weighted by molar-refractivity contribution is -0.384. The van der Waals surface area contributed by atoms with E-state index in [1.165, 1.54) is 0 Å². The van der Waals surface area contributed by atoms with E-state index in [0.717, 1.165) is 69.6 Å². The van der Waals surface area contributed by atoms with Gasteiger partial charge in [-0.2, -0.15) is 0 Å². The minimum atomic E-state index is -0.378. The van der Waals surface area contributed by atoms with Gasteiger partial charge in [0.15, 0.2) is 5.96 Å². The van der Waals surface area contributed by atoms with Crippen LogP contribution < -0.4 is 10.6 Å². The van der Waals surface area contributed by atoms with Crippen molar-refractivity contribution in [3.05, 3.63) is 39.9 Å². The lowest BCUT2D eigenvalue weighted by Gasteiger charge is -2.29. The van der Waals surface area contributed by atoms with Crippen LogP contribution in [0.3, 0.4) is 0 Å². The summed E-state index contributed by atoms with van der Waals surface area (Å²) in [6.07, 6.45) is 6.80. The summed E-state index contributed by atoms with van der Waals surface area (Å²) in [6.45, 7) is 4.10. The molecule has 0 aliphatic heterocycles. The Morgan fingerprint density at radius 3 is 2.40 bits per heavy atom. The lowest BCUT2D eigenvalue weighted by Crippen LogP contribution is -2.43. The molecule has 1 aliphatic rings. The van der Waals surface area contributed by atoms with Gasteiger partial charge in [0.2, 0.25) is 5.91 Å². The zero-order valence-corrected chi connectivity index (χ0v) is 18.4. The average molecular weight is 418 g/mol. The molecule has 8 heteroatoms. The number of nitro benzene ring substituents is 1. The van der Waals surface area contributed by atoms with Crippen LogP contribution in [0.1, 0.15) is 51.0 Å². The Morgan fingerprint density at radius 2 is 1.83 bits per heavy atom. The molecule has 30 heavy (non-hydrogen) atoms. The summed E-state index contributed by atoms with van der Waals surface area (Å²) < 4.78 is 0. The number of non-ortho nitro benzene ring substituents is 1. The molecule has 0 aromatic heterocycles. The number of carbonyl (C=O) groups excluding carboxylic acids is 1.